The molecule has 1 fully saturated rings. The standard InChI is InChI=1S/C13H16BrN3S/c1-9-7-18-13-11(9)12(15-8-16-13)17-4-2-10(6-14)3-5-17/h7-8,10H,2-6H2,1H3. The summed E-state index contributed by atoms with van der Waals surface area (Å²) in [6, 6.07) is 0. The van der Waals surface area contributed by atoms with Crippen LogP contribution in [0.2, 0.25) is 0 Å². The molecule has 0 spiro atoms. The first-order chi connectivity index (χ1) is 8.79. The molecule has 3 heterocycles. The monoisotopic (exact) mass is 325 g/mol. The fourth-order valence-electron chi connectivity index (χ4n) is 2.54. The highest BCUT2D eigenvalue weighted by atomic mass is 79.9. The topological polar surface area (TPSA) is 29.0 Å². The number of halogens is 1. The molecule has 0 N–H and O–H groups in total. The second-order valence-electron chi connectivity index (χ2n) is 4.88. The molecule has 0 unspecified atom stereocenters. The molecule has 18 heavy (non-hydrogen) atoms. The Kier molecular flexibility index (Phi) is 3.52. The molecular formula is C13H16BrN3S. The van der Waals surface area contributed by atoms with E-state index in [1.165, 1.54) is 23.8 Å². The van der Waals surface area contributed by atoms with Crippen LogP contribution >= 0.6 is 27.3 Å². The van der Waals surface area contributed by atoms with Crippen LogP contribution in [0.15, 0.2) is 11.7 Å². The minimum Gasteiger partial charge on any atom is -0.356 e. The van der Waals surface area contributed by atoms with Gasteiger partial charge in [0, 0.05) is 18.4 Å². The van der Waals surface area contributed by atoms with Crippen molar-refractivity contribution in [3.05, 3.63) is 17.3 Å². The predicted molar refractivity (Wildman–Crippen MR) is 80.9 cm³/mol. The first-order valence-corrected chi connectivity index (χ1v) is 8.29. The summed E-state index contributed by atoms with van der Waals surface area (Å²) in [5, 5.41) is 4.55. The Hall–Kier alpha value is -0.680. The van der Waals surface area contributed by atoms with Crippen LogP contribution in [-0.2, 0) is 0 Å². The first kappa shape index (κ1) is 12.4. The smallest absolute Gasteiger partial charge is 0.141 e. The number of hydrogen-bond donors (Lipinski definition) is 0. The summed E-state index contributed by atoms with van der Waals surface area (Å²) in [4.78, 5) is 12.4. The molecule has 2 aromatic rings. The molecule has 0 saturated carbocycles. The summed E-state index contributed by atoms with van der Waals surface area (Å²) in [7, 11) is 0. The van der Waals surface area contributed by atoms with Gasteiger partial charge in [-0.15, -0.1) is 11.3 Å². The highest BCUT2D eigenvalue weighted by Crippen LogP contribution is 2.32. The van der Waals surface area contributed by atoms with Gasteiger partial charge in [0.05, 0.1) is 5.39 Å². The third-order valence-corrected chi connectivity index (χ3v) is 5.59. The van der Waals surface area contributed by atoms with Crippen molar-refractivity contribution in [3.8, 4) is 0 Å². The Labute approximate surface area is 119 Å². The first-order valence-electron chi connectivity index (χ1n) is 6.29. The van der Waals surface area contributed by atoms with Gasteiger partial charge in [-0.2, -0.15) is 0 Å². The number of thiophene rings is 1. The van der Waals surface area contributed by atoms with Gasteiger partial charge in [0.1, 0.15) is 17.0 Å². The molecule has 0 atom stereocenters. The van der Waals surface area contributed by atoms with Gasteiger partial charge >= 0.3 is 0 Å². The zero-order chi connectivity index (χ0) is 12.5. The molecule has 2 aromatic heterocycles. The van der Waals surface area contributed by atoms with Crippen molar-refractivity contribution in [2.24, 2.45) is 5.92 Å². The summed E-state index contributed by atoms with van der Waals surface area (Å²) in [5.74, 6) is 1.95. The van der Waals surface area contributed by atoms with Gasteiger partial charge in [0.15, 0.2) is 0 Å². The van der Waals surface area contributed by atoms with E-state index in [0.717, 1.165) is 35.0 Å². The lowest BCUT2D eigenvalue weighted by atomic mass is 9.99. The summed E-state index contributed by atoms with van der Waals surface area (Å²) < 4.78 is 0. The molecule has 0 aromatic carbocycles. The highest BCUT2D eigenvalue weighted by molar-refractivity contribution is 9.09. The van der Waals surface area contributed by atoms with Crippen molar-refractivity contribution in [1.29, 1.82) is 0 Å². The van der Waals surface area contributed by atoms with Crippen LogP contribution in [0.4, 0.5) is 5.82 Å². The molecule has 0 aliphatic carbocycles. The summed E-state index contributed by atoms with van der Waals surface area (Å²) in [6.45, 7) is 4.37. The van der Waals surface area contributed by atoms with Crippen molar-refractivity contribution in [3.63, 3.8) is 0 Å². The fourth-order valence-corrected chi connectivity index (χ4v) is 4.07. The molecule has 0 radical (unpaired) electrons. The number of fused-ring (bicyclic) bond motifs is 1. The summed E-state index contributed by atoms with van der Waals surface area (Å²) >= 11 is 5.30. The van der Waals surface area contributed by atoms with E-state index in [2.05, 4.69) is 43.1 Å². The second kappa shape index (κ2) is 5.13. The SMILES string of the molecule is Cc1csc2ncnc(N3CCC(CBr)CC3)c12. The van der Waals surface area contributed by atoms with E-state index in [9.17, 15) is 0 Å². The lowest BCUT2D eigenvalue weighted by molar-refractivity contribution is 0.446. The van der Waals surface area contributed by atoms with Crippen LogP contribution in [0.25, 0.3) is 10.2 Å². The van der Waals surface area contributed by atoms with Gasteiger partial charge < -0.3 is 4.90 Å². The van der Waals surface area contributed by atoms with E-state index in [-0.39, 0.29) is 0 Å². The molecule has 1 saturated heterocycles. The quantitative estimate of drug-likeness (QED) is 0.790. The van der Waals surface area contributed by atoms with Crippen LogP contribution in [0, 0.1) is 12.8 Å². The number of aryl methyl sites for hydroxylation is 1. The number of alkyl halides is 1. The van der Waals surface area contributed by atoms with Crippen molar-refractivity contribution < 1.29 is 0 Å². The number of rotatable bonds is 2. The maximum absolute atomic E-state index is 4.52. The number of nitrogens with zero attached hydrogens (tertiary/aromatic N) is 3. The number of piperidine rings is 1. The van der Waals surface area contributed by atoms with Gasteiger partial charge in [-0.05, 0) is 36.6 Å². The Morgan fingerprint density at radius 3 is 2.89 bits per heavy atom. The van der Waals surface area contributed by atoms with E-state index in [0.29, 0.717) is 0 Å². The van der Waals surface area contributed by atoms with Crippen molar-refractivity contribution >= 4 is 43.3 Å². The minimum atomic E-state index is 0.821. The normalized spacial score (nSPS) is 17.6. The third kappa shape index (κ3) is 2.14. The molecule has 1 aliphatic rings. The van der Waals surface area contributed by atoms with Crippen molar-refractivity contribution in [1.82, 2.24) is 9.97 Å². The lowest BCUT2D eigenvalue weighted by Gasteiger charge is -2.32. The van der Waals surface area contributed by atoms with Crippen LogP contribution in [0.5, 0.6) is 0 Å². The molecule has 96 valence electrons. The Bertz CT molecular complexity index is 546. The Balaban J connectivity index is 1.93. The van der Waals surface area contributed by atoms with Crippen molar-refractivity contribution in [2.75, 3.05) is 23.3 Å². The predicted octanol–water partition coefficient (Wildman–Crippen LogP) is 3.61. The van der Waals surface area contributed by atoms with E-state index in [1.807, 2.05) is 0 Å². The minimum absolute atomic E-state index is 0.821. The van der Waals surface area contributed by atoms with E-state index >= 15 is 0 Å². The van der Waals surface area contributed by atoms with E-state index in [1.54, 1.807) is 17.7 Å². The summed E-state index contributed by atoms with van der Waals surface area (Å²) in [6.07, 6.45) is 4.20. The van der Waals surface area contributed by atoms with Gasteiger partial charge in [-0.3, -0.25) is 0 Å². The second-order valence-corrected chi connectivity index (χ2v) is 6.39. The van der Waals surface area contributed by atoms with Crippen LogP contribution in [0.3, 0.4) is 0 Å². The molecular weight excluding hydrogens is 310 g/mol. The molecule has 3 nitrogen and oxygen atoms in total. The number of anilines is 1. The van der Waals surface area contributed by atoms with E-state index in [4.69, 9.17) is 0 Å². The molecule has 0 bridgehead atoms. The zero-order valence-electron chi connectivity index (χ0n) is 10.4. The number of aromatic nitrogens is 2. The average Bonchev–Trinajstić information content (AvgIpc) is 2.81. The fraction of sp³-hybridized carbons (Fsp3) is 0.538. The zero-order valence-corrected chi connectivity index (χ0v) is 12.8. The lowest BCUT2D eigenvalue weighted by Crippen LogP contribution is -2.34. The molecule has 3 rings (SSSR count). The van der Waals surface area contributed by atoms with Crippen LogP contribution in [0.1, 0.15) is 18.4 Å². The average molecular weight is 326 g/mol. The number of hydrogen-bond acceptors (Lipinski definition) is 4. The summed E-state index contributed by atoms with van der Waals surface area (Å²) in [5.41, 5.74) is 1.30. The third-order valence-electron chi connectivity index (χ3n) is 3.67. The van der Waals surface area contributed by atoms with Crippen molar-refractivity contribution in [2.45, 2.75) is 19.8 Å². The van der Waals surface area contributed by atoms with Crippen LogP contribution in [-0.4, -0.2) is 28.4 Å². The highest BCUT2D eigenvalue weighted by Gasteiger charge is 2.21. The van der Waals surface area contributed by atoms with E-state index < -0.39 is 0 Å². The van der Waals surface area contributed by atoms with Gasteiger partial charge in [-0.25, -0.2) is 9.97 Å². The largest absolute Gasteiger partial charge is 0.356 e. The Morgan fingerprint density at radius 2 is 2.17 bits per heavy atom. The van der Waals surface area contributed by atoms with Gasteiger partial charge in [-0.1, -0.05) is 15.9 Å². The van der Waals surface area contributed by atoms with Gasteiger partial charge in [0.25, 0.3) is 0 Å². The molecule has 0 amide bonds. The molecule has 5 heteroatoms. The van der Waals surface area contributed by atoms with Gasteiger partial charge in [0.2, 0.25) is 0 Å². The maximum Gasteiger partial charge on any atom is 0.141 e. The van der Waals surface area contributed by atoms with Crippen LogP contribution < -0.4 is 4.90 Å². The molecule has 1 aliphatic heterocycles. The maximum atomic E-state index is 4.52. The Morgan fingerprint density at radius 1 is 1.39 bits per heavy atom.